The lowest BCUT2D eigenvalue weighted by atomic mass is 9.89. The van der Waals surface area contributed by atoms with Crippen LogP contribution >= 0.6 is 24.8 Å². The zero-order valence-corrected chi connectivity index (χ0v) is 13.8. The summed E-state index contributed by atoms with van der Waals surface area (Å²) < 4.78 is 0. The second-order valence-corrected chi connectivity index (χ2v) is 5.84. The molecule has 1 aromatic rings. The van der Waals surface area contributed by atoms with E-state index in [1.54, 1.807) is 17.3 Å². The Morgan fingerprint density at radius 3 is 2.57 bits per heavy atom. The second kappa shape index (κ2) is 7.97. The molecule has 0 aromatic carbocycles. The standard InChI is InChI=1S/C15H21N3O.2ClH/c1-18(14-3-2-6-16-10-14)15(19)9-11-7-12-4-5-13(8-11)17-12;;/h2-3,6,10-13,17H,4-5,7-9H2,1H3;2*1H. The maximum atomic E-state index is 12.3. The molecular weight excluding hydrogens is 309 g/mol. The maximum Gasteiger partial charge on any atom is 0.227 e. The van der Waals surface area contributed by atoms with Crippen molar-refractivity contribution in [1.29, 1.82) is 0 Å². The van der Waals surface area contributed by atoms with Gasteiger partial charge < -0.3 is 10.2 Å². The topological polar surface area (TPSA) is 45.2 Å². The van der Waals surface area contributed by atoms with Crippen LogP contribution in [0.3, 0.4) is 0 Å². The molecule has 0 radical (unpaired) electrons. The molecule has 2 atom stereocenters. The molecule has 0 saturated carbocycles. The number of anilines is 1. The molecule has 3 heterocycles. The molecule has 1 amide bonds. The first-order chi connectivity index (χ1) is 9.22. The van der Waals surface area contributed by atoms with Gasteiger partial charge in [-0.15, -0.1) is 24.8 Å². The first-order valence-corrected chi connectivity index (χ1v) is 7.15. The second-order valence-electron chi connectivity index (χ2n) is 5.84. The number of aromatic nitrogens is 1. The van der Waals surface area contributed by atoms with E-state index in [1.807, 2.05) is 19.2 Å². The van der Waals surface area contributed by atoms with Crippen molar-refractivity contribution in [2.24, 2.45) is 5.92 Å². The number of nitrogens with one attached hydrogen (secondary N) is 1. The normalized spacial score (nSPS) is 26.4. The number of amides is 1. The summed E-state index contributed by atoms with van der Waals surface area (Å²) in [4.78, 5) is 18.1. The van der Waals surface area contributed by atoms with E-state index in [-0.39, 0.29) is 30.7 Å². The highest BCUT2D eigenvalue weighted by molar-refractivity contribution is 5.92. The number of carbonyl (C=O) groups excluding carboxylic acids is 1. The summed E-state index contributed by atoms with van der Waals surface area (Å²) in [5.74, 6) is 0.754. The highest BCUT2D eigenvalue weighted by atomic mass is 35.5. The number of rotatable bonds is 3. The highest BCUT2D eigenvalue weighted by Crippen LogP contribution is 2.33. The Bertz CT molecular complexity index is 445. The molecule has 21 heavy (non-hydrogen) atoms. The zero-order chi connectivity index (χ0) is 13.2. The number of nitrogens with zero attached hydrogens (tertiary/aromatic N) is 2. The average molecular weight is 332 g/mol. The summed E-state index contributed by atoms with van der Waals surface area (Å²) in [5, 5.41) is 3.62. The third-order valence-corrected chi connectivity index (χ3v) is 4.44. The van der Waals surface area contributed by atoms with Crippen LogP contribution in [0.5, 0.6) is 0 Å². The summed E-state index contributed by atoms with van der Waals surface area (Å²) in [6, 6.07) is 5.10. The van der Waals surface area contributed by atoms with Crippen LogP contribution in [-0.2, 0) is 4.79 Å². The van der Waals surface area contributed by atoms with E-state index < -0.39 is 0 Å². The van der Waals surface area contributed by atoms with Crippen molar-refractivity contribution in [2.45, 2.75) is 44.2 Å². The van der Waals surface area contributed by atoms with E-state index in [9.17, 15) is 4.79 Å². The summed E-state index contributed by atoms with van der Waals surface area (Å²) in [6.45, 7) is 0. The van der Waals surface area contributed by atoms with Gasteiger partial charge in [-0.05, 0) is 43.7 Å². The molecule has 0 aliphatic carbocycles. The van der Waals surface area contributed by atoms with Gasteiger partial charge in [-0.25, -0.2) is 0 Å². The molecular formula is C15H23Cl2N3O. The largest absolute Gasteiger partial charge is 0.314 e. The molecule has 2 aliphatic rings. The average Bonchev–Trinajstić information content (AvgIpc) is 2.78. The smallest absolute Gasteiger partial charge is 0.227 e. The third-order valence-electron chi connectivity index (χ3n) is 4.44. The number of piperidine rings is 1. The minimum absolute atomic E-state index is 0. The lowest BCUT2D eigenvalue weighted by molar-refractivity contribution is -0.119. The molecule has 6 heteroatoms. The van der Waals surface area contributed by atoms with Crippen molar-refractivity contribution in [3.63, 3.8) is 0 Å². The van der Waals surface area contributed by atoms with E-state index in [0.29, 0.717) is 24.4 Å². The molecule has 118 valence electrons. The molecule has 2 aliphatic heterocycles. The maximum absolute atomic E-state index is 12.3. The summed E-state index contributed by atoms with van der Waals surface area (Å²) in [7, 11) is 1.84. The molecule has 2 fully saturated rings. The van der Waals surface area contributed by atoms with Gasteiger partial charge >= 0.3 is 0 Å². The first-order valence-electron chi connectivity index (χ1n) is 7.15. The summed E-state index contributed by atoms with van der Waals surface area (Å²) >= 11 is 0. The third kappa shape index (κ3) is 4.31. The Morgan fingerprint density at radius 1 is 1.33 bits per heavy atom. The minimum Gasteiger partial charge on any atom is -0.314 e. The quantitative estimate of drug-likeness (QED) is 0.926. The SMILES string of the molecule is CN(C(=O)CC1CC2CCC(C1)N2)c1cccnc1.Cl.Cl. The Labute approximate surface area is 138 Å². The zero-order valence-electron chi connectivity index (χ0n) is 12.2. The van der Waals surface area contributed by atoms with Crippen LogP contribution in [0.4, 0.5) is 5.69 Å². The number of pyridine rings is 1. The molecule has 1 N–H and O–H groups in total. The molecule has 3 rings (SSSR count). The van der Waals surface area contributed by atoms with Gasteiger partial charge in [-0.3, -0.25) is 9.78 Å². The van der Waals surface area contributed by atoms with Crippen LogP contribution in [0.25, 0.3) is 0 Å². The fourth-order valence-corrected chi connectivity index (χ4v) is 3.42. The van der Waals surface area contributed by atoms with Crippen LogP contribution in [0, 0.1) is 5.92 Å². The van der Waals surface area contributed by atoms with Crippen LogP contribution in [0.1, 0.15) is 32.1 Å². The monoisotopic (exact) mass is 331 g/mol. The van der Waals surface area contributed by atoms with E-state index in [4.69, 9.17) is 0 Å². The van der Waals surface area contributed by atoms with Crippen molar-refractivity contribution in [1.82, 2.24) is 10.3 Å². The van der Waals surface area contributed by atoms with Crippen molar-refractivity contribution in [2.75, 3.05) is 11.9 Å². The van der Waals surface area contributed by atoms with Gasteiger partial charge in [0.1, 0.15) is 0 Å². The minimum atomic E-state index is 0. The van der Waals surface area contributed by atoms with Crippen LogP contribution in [-0.4, -0.2) is 30.0 Å². The molecule has 2 unspecified atom stereocenters. The van der Waals surface area contributed by atoms with Gasteiger partial charge in [0.15, 0.2) is 0 Å². The first kappa shape index (κ1) is 18.2. The van der Waals surface area contributed by atoms with E-state index in [0.717, 1.165) is 18.5 Å². The predicted molar refractivity (Wildman–Crippen MR) is 89.4 cm³/mol. The van der Waals surface area contributed by atoms with Gasteiger partial charge in [-0.2, -0.15) is 0 Å². The molecule has 4 nitrogen and oxygen atoms in total. The number of carbonyl (C=O) groups is 1. The van der Waals surface area contributed by atoms with E-state index in [1.165, 1.54) is 12.8 Å². The summed E-state index contributed by atoms with van der Waals surface area (Å²) in [6.07, 6.45) is 9.02. The summed E-state index contributed by atoms with van der Waals surface area (Å²) in [5.41, 5.74) is 0.879. The lowest BCUT2D eigenvalue weighted by Crippen LogP contribution is -2.40. The fraction of sp³-hybridized carbons (Fsp3) is 0.600. The van der Waals surface area contributed by atoms with Gasteiger partial charge in [0.2, 0.25) is 5.91 Å². The van der Waals surface area contributed by atoms with E-state index in [2.05, 4.69) is 10.3 Å². The Kier molecular flexibility index (Phi) is 6.91. The van der Waals surface area contributed by atoms with Gasteiger partial charge in [0.05, 0.1) is 11.9 Å². The van der Waals surface area contributed by atoms with Gasteiger partial charge in [0, 0.05) is 31.7 Å². The number of halogens is 2. The number of hydrogen-bond donors (Lipinski definition) is 1. The van der Waals surface area contributed by atoms with Crippen LogP contribution in [0.15, 0.2) is 24.5 Å². The number of fused-ring (bicyclic) bond motifs is 2. The predicted octanol–water partition coefficient (Wildman–Crippen LogP) is 2.81. The Hall–Kier alpha value is -0.840. The Morgan fingerprint density at radius 2 is 2.00 bits per heavy atom. The fourth-order valence-electron chi connectivity index (χ4n) is 3.42. The van der Waals surface area contributed by atoms with Crippen molar-refractivity contribution >= 4 is 36.4 Å². The molecule has 2 bridgehead atoms. The van der Waals surface area contributed by atoms with Crippen molar-refractivity contribution < 1.29 is 4.79 Å². The van der Waals surface area contributed by atoms with Gasteiger partial charge in [0.25, 0.3) is 0 Å². The molecule has 0 spiro atoms. The highest BCUT2D eigenvalue weighted by Gasteiger charge is 2.34. The van der Waals surface area contributed by atoms with Gasteiger partial charge in [-0.1, -0.05) is 0 Å². The molecule has 1 aromatic heterocycles. The molecule has 2 saturated heterocycles. The lowest BCUT2D eigenvalue weighted by Gasteiger charge is -2.29. The van der Waals surface area contributed by atoms with Crippen molar-refractivity contribution in [3.8, 4) is 0 Å². The number of hydrogen-bond acceptors (Lipinski definition) is 3. The van der Waals surface area contributed by atoms with Crippen LogP contribution in [0.2, 0.25) is 0 Å². The van der Waals surface area contributed by atoms with Crippen LogP contribution < -0.4 is 10.2 Å². The Balaban J connectivity index is 0.00000110. The van der Waals surface area contributed by atoms with E-state index >= 15 is 0 Å². The van der Waals surface area contributed by atoms with Crippen molar-refractivity contribution in [3.05, 3.63) is 24.5 Å².